The molecule has 0 bridgehead atoms. The normalized spacial score (nSPS) is 23.2. The Hall–Kier alpha value is -1.60. The third-order valence-corrected chi connectivity index (χ3v) is 5.79. The first kappa shape index (κ1) is 16.8. The van der Waals surface area contributed by atoms with Crippen LogP contribution in [0, 0.1) is 0 Å². The van der Waals surface area contributed by atoms with Crippen molar-refractivity contribution in [3.8, 4) is 11.5 Å². The van der Waals surface area contributed by atoms with Gasteiger partial charge in [0, 0.05) is 11.1 Å². The van der Waals surface area contributed by atoms with Crippen LogP contribution in [0.5, 0.6) is 11.5 Å². The van der Waals surface area contributed by atoms with E-state index in [1.807, 2.05) is 6.92 Å². The molecule has 2 rings (SSSR count). The van der Waals surface area contributed by atoms with Crippen molar-refractivity contribution >= 4 is 15.6 Å². The van der Waals surface area contributed by atoms with E-state index in [9.17, 15) is 13.2 Å². The number of methoxy groups -OCH3 is 2. The minimum atomic E-state index is -3.00. The molecule has 1 heterocycles. The van der Waals surface area contributed by atoms with Crippen LogP contribution >= 0.6 is 0 Å². The molecule has 0 aromatic heterocycles. The average Bonchev–Trinajstić information content (AvgIpc) is 2.78. The van der Waals surface area contributed by atoms with Crippen LogP contribution in [0.3, 0.4) is 0 Å². The lowest BCUT2D eigenvalue weighted by atomic mass is 10.0. The fourth-order valence-corrected chi connectivity index (χ4v) is 4.68. The zero-order chi connectivity index (χ0) is 16.4. The van der Waals surface area contributed by atoms with Gasteiger partial charge in [-0.25, -0.2) is 8.42 Å². The number of sulfone groups is 1. The number of rotatable bonds is 6. The second-order valence-electron chi connectivity index (χ2n) is 5.75. The molecule has 1 aliphatic heterocycles. The number of carbonyl (C=O) groups is 1. The maximum atomic E-state index is 12.3. The zero-order valence-electron chi connectivity index (χ0n) is 13.0. The number of ketones is 1. The number of ether oxygens (including phenoxy) is 2. The van der Waals surface area contributed by atoms with Crippen molar-refractivity contribution in [2.45, 2.75) is 18.9 Å². The number of hydrogen-bond donors (Lipinski definition) is 1. The van der Waals surface area contributed by atoms with Gasteiger partial charge in [0.05, 0.1) is 32.3 Å². The third kappa shape index (κ3) is 3.78. The SMILES string of the molecule is COc1ccc(C(=O)CN[C@]2(C)CCS(=O)(=O)C2)cc1OC. The van der Waals surface area contributed by atoms with Gasteiger partial charge in [-0.2, -0.15) is 0 Å². The first-order valence-electron chi connectivity index (χ1n) is 6.99. The highest BCUT2D eigenvalue weighted by Crippen LogP contribution is 2.28. The van der Waals surface area contributed by atoms with Gasteiger partial charge in [-0.05, 0) is 31.5 Å². The molecule has 0 saturated carbocycles. The monoisotopic (exact) mass is 327 g/mol. The molecule has 0 spiro atoms. The Morgan fingerprint density at radius 2 is 1.95 bits per heavy atom. The second-order valence-corrected chi connectivity index (χ2v) is 7.93. The fraction of sp³-hybridized carbons (Fsp3) is 0.533. The first-order valence-corrected chi connectivity index (χ1v) is 8.81. The largest absolute Gasteiger partial charge is 0.493 e. The predicted octanol–water partition coefficient (Wildman–Crippen LogP) is 1.05. The Bertz CT molecular complexity index is 671. The number of hydrogen-bond acceptors (Lipinski definition) is 6. The van der Waals surface area contributed by atoms with Crippen LogP contribution in [-0.4, -0.2) is 52.0 Å². The minimum Gasteiger partial charge on any atom is -0.493 e. The van der Waals surface area contributed by atoms with E-state index < -0.39 is 15.4 Å². The highest BCUT2D eigenvalue weighted by atomic mass is 32.2. The topological polar surface area (TPSA) is 81.7 Å². The number of carbonyl (C=O) groups excluding carboxylic acids is 1. The van der Waals surface area contributed by atoms with E-state index in [0.29, 0.717) is 23.5 Å². The molecule has 122 valence electrons. The van der Waals surface area contributed by atoms with Crippen LogP contribution < -0.4 is 14.8 Å². The average molecular weight is 327 g/mol. The van der Waals surface area contributed by atoms with Crippen LogP contribution in [0.25, 0.3) is 0 Å². The van der Waals surface area contributed by atoms with Crippen LogP contribution in [0.4, 0.5) is 0 Å². The molecule has 6 nitrogen and oxygen atoms in total. The summed E-state index contributed by atoms with van der Waals surface area (Å²) >= 11 is 0. The smallest absolute Gasteiger partial charge is 0.176 e. The Kier molecular flexibility index (Phi) is 4.77. The molecule has 1 aliphatic rings. The number of benzene rings is 1. The molecule has 1 atom stereocenters. The molecule has 0 radical (unpaired) electrons. The maximum absolute atomic E-state index is 12.3. The number of Topliss-reactive ketones (excluding diaryl/α,β-unsaturated/α-hetero) is 1. The van der Waals surface area contributed by atoms with Crippen molar-refractivity contribution in [3.05, 3.63) is 23.8 Å². The lowest BCUT2D eigenvalue weighted by molar-refractivity contribution is 0.0980. The van der Waals surface area contributed by atoms with Gasteiger partial charge in [0.25, 0.3) is 0 Å². The highest BCUT2D eigenvalue weighted by Gasteiger charge is 2.38. The van der Waals surface area contributed by atoms with Gasteiger partial charge in [-0.3, -0.25) is 4.79 Å². The van der Waals surface area contributed by atoms with E-state index in [0.717, 1.165) is 0 Å². The molecule has 0 unspecified atom stereocenters. The van der Waals surface area contributed by atoms with Crippen LogP contribution in [0.1, 0.15) is 23.7 Å². The third-order valence-electron chi connectivity index (χ3n) is 3.88. The predicted molar refractivity (Wildman–Crippen MR) is 83.6 cm³/mol. The van der Waals surface area contributed by atoms with Gasteiger partial charge in [-0.15, -0.1) is 0 Å². The summed E-state index contributed by atoms with van der Waals surface area (Å²) in [4.78, 5) is 12.3. The molecule has 1 saturated heterocycles. The molecule has 7 heteroatoms. The Morgan fingerprint density at radius 1 is 1.27 bits per heavy atom. The van der Waals surface area contributed by atoms with Crippen molar-refractivity contribution in [2.75, 3.05) is 32.3 Å². The summed E-state index contributed by atoms with van der Waals surface area (Å²) in [6, 6.07) is 4.96. The first-order chi connectivity index (χ1) is 10.3. The lowest BCUT2D eigenvalue weighted by Crippen LogP contribution is -2.45. The minimum absolute atomic E-state index is 0.0687. The van der Waals surface area contributed by atoms with Gasteiger partial charge in [0.15, 0.2) is 27.1 Å². The maximum Gasteiger partial charge on any atom is 0.176 e. The molecule has 1 aromatic rings. The van der Waals surface area contributed by atoms with Crippen molar-refractivity contribution in [3.63, 3.8) is 0 Å². The Balaban J connectivity index is 2.04. The van der Waals surface area contributed by atoms with E-state index in [-0.39, 0.29) is 23.8 Å². The molecule has 1 aromatic carbocycles. The lowest BCUT2D eigenvalue weighted by Gasteiger charge is -2.23. The molecule has 22 heavy (non-hydrogen) atoms. The van der Waals surface area contributed by atoms with E-state index in [1.165, 1.54) is 14.2 Å². The van der Waals surface area contributed by atoms with E-state index in [1.54, 1.807) is 18.2 Å². The van der Waals surface area contributed by atoms with E-state index in [4.69, 9.17) is 9.47 Å². The van der Waals surface area contributed by atoms with Gasteiger partial charge >= 0.3 is 0 Å². The fourth-order valence-electron chi connectivity index (χ4n) is 2.56. The molecule has 1 N–H and O–H groups in total. The van der Waals surface area contributed by atoms with Crippen LogP contribution in [-0.2, 0) is 9.84 Å². The second kappa shape index (κ2) is 6.26. The van der Waals surface area contributed by atoms with Gasteiger partial charge in [0.1, 0.15) is 0 Å². The van der Waals surface area contributed by atoms with E-state index >= 15 is 0 Å². The van der Waals surface area contributed by atoms with Crippen molar-refractivity contribution in [1.29, 1.82) is 0 Å². The van der Waals surface area contributed by atoms with Crippen LogP contribution in [0.15, 0.2) is 18.2 Å². The van der Waals surface area contributed by atoms with Crippen molar-refractivity contribution in [2.24, 2.45) is 0 Å². The Morgan fingerprint density at radius 3 is 2.50 bits per heavy atom. The standard InChI is InChI=1S/C15H21NO5S/c1-15(6-7-22(18,19)10-15)16-9-12(17)11-4-5-13(20-2)14(8-11)21-3/h4-5,8,16H,6-7,9-10H2,1-3H3/t15-/m1/s1. The molecular formula is C15H21NO5S. The van der Waals surface area contributed by atoms with Crippen molar-refractivity contribution in [1.82, 2.24) is 5.32 Å². The summed E-state index contributed by atoms with van der Waals surface area (Å²) in [7, 11) is 0.0423. The van der Waals surface area contributed by atoms with Gasteiger partial charge in [0.2, 0.25) is 0 Å². The quantitative estimate of drug-likeness (QED) is 0.787. The zero-order valence-corrected chi connectivity index (χ0v) is 13.8. The molecule has 0 aliphatic carbocycles. The summed E-state index contributed by atoms with van der Waals surface area (Å²) in [6.45, 7) is 1.92. The number of nitrogens with one attached hydrogen (secondary N) is 1. The summed E-state index contributed by atoms with van der Waals surface area (Å²) < 4.78 is 33.4. The molecular weight excluding hydrogens is 306 g/mol. The molecule has 0 amide bonds. The Labute approximate surface area is 130 Å². The van der Waals surface area contributed by atoms with Gasteiger partial charge < -0.3 is 14.8 Å². The summed E-state index contributed by atoms with van der Waals surface area (Å²) in [6.07, 6.45) is 0.522. The summed E-state index contributed by atoms with van der Waals surface area (Å²) in [5.74, 6) is 1.16. The van der Waals surface area contributed by atoms with Crippen LogP contribution in [0.2, 0.25) is 0 Å². The van der Waals surface area contributed by atoms with E-state index in [2.05, 4.69) is 5.32 Å². The summed E-state index contributed by atoms with van der Waals surface area (Å²) in [5, 5.41) is 3.08. The highest BCUT2D eigenvalue weighted by molar-refractivity contribution is 7.91. The molecule has 1 fully saturated rings. The van der Waals surface area contributed by atoms with Gasteiger partial charge in [-0.1, -0.05) is 0 Å². The van der Waals surface area contributed by atoms with Crippen molar-refractivity contribution < 1.29 is 22.7 Å². The summed E-state index contributed by atoms with van der Waals surface area (Å²) in [5.41, 5.74) is -0.0417.